The van der Waals surface area contributed by atoms with Crippen molar-refractivity contribution in [3.05, 3.63) is 35.9 Å². The van der Waals surface area contributed by atoms with Crippen LogP contribution in [-0.2, 0) is 14.3 Å². The SMILES string of the molecule is CC(=O)OC1CCC2C(=O)N(C(=O)c3ccccc3)CCC12. The summed E-state index contributed by atoms with van der Waals surface area (Å²) in [6.07, 6.45) is 1.90. The van der Waals surface area contributed by atoms with Crippen molar-refractivity contribution in [1.29, 1.82) is 0 Å². The molecule has 5 nitrogen and oxygen atoms in total. The number of benzene rings is 1. The lowest BCUT2D eigenvalue weighted by molar-refractivity contribution is -0.152. The van der Waals surface area contributed by atoms with Gasteiger partial charge in [-0.15, -0.1) is 0 Å². The van der Waals surface area contributed by atoms with E-state index in [4.69, 9.17) is 4.74 Å². The number of esters is 1. The van der Waals surface area contributed by atoms with E-state index < -0.39 is 0 Å². The zero-order chi connectivity index (χ0) is 15.7. The molecule has 0 aromatic heterocycles. The molecule has 3 unspecified atom stereocenters. The topological polar surface area (TPSA) is 63.7 Å². The quantitative estimate of drug-likeness (QED) is 0.619. The Labute approximate surface area is 129 Å². The van der Waals surface area contributed by atoms with E-state index in [2.05, 4.69) is 0 Å². The summed E-state index contributed by atoms with van der Waals surface area (Å²) >= 11 is 0. The smallest absolute Gasteiger partial charge is 0.302 e. The Balaban J connectivity index is 1.73. The van der Waals surface area contributed by atoms with Crippen LogP contribution in [0.4, 0.5) is 0 Å². The molecule has 0 bridgehead atoms. The van der Waals surface area contributed by atoms with Gasteiger partial charge in [-0.25, -0.2) is 0 Å². The van der Waals surface area contributed by atoms with Gasteiger partial charge in [-0.2, -0.15) is 0 Å². The third-order valence-corrected chi connectivity index (χ3v) is 4.61. The normalized spacial score (nSPS) is 27.4. The van der Waals surface area contributed by atoms with E-state index in [1.54, 1.807) is 24.3 Å². The molecule has 1 aliphatic carbocycles. The first-order valence-electron chi connectivity index (χ1n) is 7.66. The lowest BCUT2D eigenvalue weighted by Crippen LogP contribution is -2.48. The van der Waals surface area contributed by atoms with E-state index in [9.17, 15) is 14.4 Å². The zero-order valence-corrected chi connectivity index (χ0v) is 12.5. The molecule has 1 saturated carbocycles. The number of hydrogen-bond donors (Lipinski definition) is 0. The van der Waals surface area contributed by atoms with Gasteiger partial charge in [-0.3, -0.25) is 19.3 Å². The van der Waals surface area contributed by atoms with Crippen molar-refractivity contribution in [3.8, 4) is 0 Å². The number of fused-ring (bicyclic) bond motifs is 1. The van der Waals surface area contributed by atoms with Crippen molar-refractivity contribution in [2.24, 2.45) is 11.8 Å². The van der Waals surface area contributed by atoms with E-state index in [0.717, 1.165) is 0 Å². The minimum Gasteiger partial charge on any atom is -0.462 e. The molecule has 3 atom stereocenters. The molecule has 22 heavy (non-hydrogen) atoms. The Kier molecular flexibility index (Phi) is 3.96. The summed E-state index contributed by atoms with van der Waals surface area (Å²) < 4.78 is 5.31. The molecule has 1 saturated heterocycles. The largest absolute Gasteiger partial charge is 0.462 e. The first-order valence-corrected chi connectivity index (χ1v) is 7.66. The highest BCUT2D eigenvalue weighted by atomic mass is 16.5. The van der Waals surface area contributed by atoms with Gasteiger partial charge in [-0.1, -0.05) is 18.2 Å². The lowest BCUT2D eigenvalue weighted by Gasteiger charge is -2.34. The van der Waals surface area contributed by atoms with Crippen LogP contribution >= 0.6 is 0 Å². The van der Waals surface area contributed by atoms with Gasteiger partial charge in [0.05, 0.1) is 0 Å². The number of piperidine rings is 1. The van der Waals surface area contributed by atoms with Crippen LogP contribution in [0.1, 0.15) is 36.5 Å². The molecule has 3 rings (SSSR count). The zero-order valence-electron chi connectivity index (χ0n) is 12.5. The number of nitrogens with zero attached hydrogens (tertiary/aromatic N) is 1. The molecule has 1 aliphatic heterocycles. The fraction of sp³-hybridized carbons (Fsp3) is 0.471. The van der Waals surface area contributed by atoms with E-state index in [-0.39, 0.29) is 35.7 Å². The number of likely N-dealkylation sites (tertiary alicyclic amines) is 1. The summed E-state index contributed by atoms with van der Waals surface area (Å²) in [4.78, 5) is 37.6. The third kappa shape index (κ3) is 2.63. The molecular formula is C17H19NO4. The Morgan fingerprint density at radius 3 is 2.55 bits per heavy atom. The first-order chi connectivity index (χ1) is 10.6. The van der Waals surface area contributed by atoms with E-state index in [1.165, 1.54) is 11.8 Å². The average molecular weight is 301 g/mol. The third-order valence-electron chi connectivity index (χ3n) is 4.61. The standard InChI is InChI=1S/C17H19NO4/c1-11(19)22-15-8-7-14-13(15)9-10-18(17(14)21)16(20)12-5-3-2-4-6-12/h2-6,13-15H,7-10H2,1H3. The highest BCUT2D eigenvalue weighted by Gasteiger charge is 2.47. The highest BCUT2D eigenvalue weighted by Crippen LogP contribution is 2.40. The Morgan fingerprint density at radius 2 is 1.86 bits per heavy atom. The molecular weight excluding hydrogens is 282 g/mol. The maximum Gasteiger partial charge on any atom is 0.302 e. The maximum atomic E-state index is 12.6. The molecule has 116 valence electrons. The maximum absolute atomic E-state index is 12.6. The van der Waals surface area contributed by atoms with Crippen LogP contribution in [0.15, 0.2) is 30.3 Å². The van der Waals surface area contributed by atoms with E-state index in [0.29, 0.717) is 31.4 Å². The molecule has 2 amide bonds. The van der Waals surface area contributed by atoms with Gasteiger partial charge in [0.1, 0.15) is 6.10 Å². The molecule has 1 aromatic rings. The number of amides is 2. The van der Waals surface area contributed by atoms with Gasteiger partial charge < -0.3 is 4.74 Å². The molecule has 0 radical (unpaired) electrons. The lowest BCUT2D eigenvalue weighted by atomic mass is 9.86. The number of rotatable bonds is 2. The predicted octanol–water partition coefficient (Wildman–Crippen LogP) is 2.02. The molecule has 1 heterocycles. The van der Waals surface area contributed by atoms with Crippen LogP contribution in [0.5, 0.6) is 0 Å². The monoisotopic (exact) mass is 301 g/mol. The van der Waals surface area contributed by atoms with Crippen molar-refractivity contribution in [3.63, 3.8) is 0 Å². The van der Waals surface area contributed by atoms with Crippen LogP contribution in [0, 0.1) is 11.8 Å². The van der Waals surface area contributed by atoms with Crippen molar-refractivity contribution >= 4 is 17.8 Å². The second kappa shape index (κ2) is 5.91. The van der Waals surface area contributed by atoms with E-state index in [1.807, 2.05) is 6.07 Å². The van der Waals surface area contributed by atoms with Crippen molar-refractivity contribution in [2.75, 3.05) is 6.54 Å². The second-order valence-electron chi connectivity index (χ2n) is 5.95. The molecule has 1 aromatic carbocycles. The van der Waals surface area contributed by atoms with Gasteiger partial charge in [0.2, 0.25) is 5.91 Å². The number of carbonyl (C=O) groups excluding carboxylic acids is 3. The first kappa shape index (κ1) is 14.8. The van der Waals surface area contributed by atoms with Gasteiger partial charge in [0.25, 0.3) is 5.91 Å². The van der Waals surface area contributed by atoms with Crippen molar-refractivity contribution in [1.82, 2.24) is 4.90 Å². The van der Waals surface area contributed by atoms with Crippen LogP contribution in [0.3, 0.4) is 0 Å². The van der Waals surface area contributed by atoms with Crippen LogP contribution < -0.4 is 0 Å². The van der Waals surface area contributed by atoms with Crippen molar-refractivity contribution < 1.29 is 19.1 Å². The molecule has 5 heteroatoms. The summed E-state index contributed by atoms with van der Waals surface area (Å²) in [6, 6.07) is 8.86. The van der Waals surface area contributed by atoms with E-state index >= 15 is 0 Å². The number of hydrogen-bond acceptors (Lipinski definition) is 4. The van der Waals surface area contributed by atoms with Crippen LogP contribution in [-0.4, -0.2) is 35.3 Å². The fourth-order valence-corrected chi connectivity index (χ4v) is 3.61. The summed E-state index contributed by atoms with van der Waals surface area (Å²) in [6.45, 7) is 1.79. The Bertz CT molecular complexity index is 598. The van der Waals surface area contributed by atoms with Gasteiger partial charge in [-0.05, 0) is 31.4 Å². The van der Waals surface area contributed by atoms with Gasteiger partial charge in [0, 0.05) is 30.9 Å². The summed E-state index contributed by atoms with van der Waals surface area (Å²) in [5.41, 5.74) is 0.531. The highest BCUT2D eigenvalue weighted by molar-refractivity contribution is 6.05. The summed E-state index contributed by atoms with van der Waals surface area (Å²) in [5.74, 6) is -0.817. The number of imide groups is 1. The summed E-state index contributed by atoms with van der Waals surface area (Å²) in [7, 11) is 0. The predicted molar refractivity (Wildman–Crippen MR) is 78.9 cm³/mol. The minimum absolute atomic E-state index is 0.0521. The molecule has 0 N–H and O–H groups in total. The van der Waals surface area contributed by atoms with Crippen LogP contribution in [0.2, 0.25) is 0 Å². The minimum atomic E-state index is -0.305. The van der Waals surface area contributed by atoms with Crippen molar-refractivity contribution in [2.45, 2.75) is 32.3 Å². The Morgan fingerprint density at radius 1 is 1.14 bits per heavy atom. The van der Waals surface area contributed by atoms with Crippen LogP contribution in [0.25, 0.3) is 0 Å². The number of carbonyl (C=O) groups is 3. The van der Waals surface area contributed by atoms with Gasteiger partial charge in [0.15, 0.2) is 0 Å². The summed E-state index contributed by atoms with van der Waals surface area (Å²) in [5, 5.41) is 0. The molecule has 2 fully saturated rings. The number of ether oxygens (including phenoxy) is 1. The Hall–Kier alpha value is -2.17. The molecule has 2 aliphatic rings. The second-order valence-corrected chi connectivity index (χ2v) is 5.95. The average Bonchev–Trinajstić information content (AvgIpc) is 2.91. The molecule has 0 spiro atoms. The van der Waals surface area contributed by atoms with Gasteiger partial charge >= 0.3 is 5.97 Å². The fourth-order valence-electron chi connectivity index (χ4n) is 3.61.